The lowest BCUT2D eigenvalue weighted by Crippen LogP contribution is -2.43. The number of fused-ring (bicyclic) bond motifs is 2. The third-order valence-corrected chi connectivity index (χ3v) is 4.99. The number of aliphatic imine (C=N–C) groups is 1. The van der Waals surface area contributed by atoms with Crippen LogP contribution < -0.4 is 10.6 Å². The Labute approximate surface area is 130 Å². The van der Waals surface area contributed by atoms with Crippen LogP contribution in [0.4, 0.5) is 10.1 Å². The second-order valence-corrected chi connectivity index (χ2v) is 6.95. The molecular formula is C14H12ClFN4S. The van der Waals surface area contributed by atoms with Crippen molar-refractivity contribution in [3.8, 4) is 0 Å². The van der Waals surface area contributed by atoms with Gasteiger partial charge in [-0.3, -0.25) is 15.6 Å². The minimum Gasteiger partial charge on any atom is -0.299 e. The zero-order valence-corrected chi connectivity index (χ0v) is 12.5. The maximum Gasteiger partial charge on any atom is 0.183 e. The van der Waals surface area contributed by atoms with Crippen LogP contribution in [0.15, 0.2) is 29.4 Å². The normalized spacial score (nSPS) is 26.7. The molecule has 0 aliphatic carbocycles. The molecule has 2 aromatic rings. The van der Waals surface area contributed by atoms with Gasteiger partial charge in [-0.1, -0.05) is 11.6 Å². The summed E-state index contributed by atoms with van der Waals surface area (Å²) in [5.41, 5.74) is 1.29. The smallest absolute Gasteiger partial charge is 0.183 e. The third kappa shape index (κ3) is 2.28. The highest BCUT2D eigenvalue weighted by Crippen LogP contribution is 2.37. The number of aromatic nitrogens is 1. The number of rotatable bonds is 2. The Balaban J connectivity index is 1.57. The number of hydrogen-bond donors (Lipinski definition) is 2. The molecule has 0 amide bonds. The molecule has 21 heavy (non-hydrogen) atoms. The molecule has 2 aliphatic rings. The van der Waals surface area contributed by atoms with Gasteiger partial charge in [-0.15, -0.1) is 11.3 Å². The topological polar surface area (TPSA) is 49.3 Å². The summed E-state index contributed by atoms with van der Waals surface area (Å²) in [5, 5.41) is 6.93. The van der Waals surface area contributed by atoms with Crippen LogP contribution in [0.5, 0.6) is 0 Å². The summed E-state index contributed by atoms with van der Waals surface area (Å²) in [6.07, 6.45) is 4.52. The predicted molar refractivity (Wildman–Crippen MR) is 82.0 cm³/mol. The monoisotopic (exact) mass is 322 g/mol. The van der Waals surface area contributed by atoms with Crippen molar-refractivity contribution in [2.75, 3.05) is 6.54 Å². The van der Waals surface area contributed by atoms with Gasteiger partial charge in [0.25, 0.3) is 0 Å². The number of benzene rings is 1. The number of thiazole rings is 1. The molecule has 108 valence electrons. The van der Waals surface area contributed by atoms with Crippen LogP contribution >= 0.6 is 22.9 Å². The van der Waals surface area contributed by atoms with Crippen molar-refractivity contribution < 1.29 is 4.39 Å². The Kier molecular flexibility index (Phi) is 3.08. The molecule has 2 atom stereocenters. The Morgan fingerprint density at radius 1 is 1.48 bits per heavy atom. The minimum absolute atomic E-state index is 0.0854. The van der Waals surface area contributed by atoms with Crippen LogP contribution in [-0.2, 0) is 12.0 Å². The van der Waals surface area contributed by atoms with Gasteiger partial charge in [-0.25, -0.2) is 9.37 Å². The van der Waals surface area contributed by atoms with Gasteiger partial charge in [0.2, 0.25) is 0 Å². The summed E-state index contributed by atoms with van der Waals surface area (Å²) in [6.45, 7) is 0.685. The van der Waals surface area contributed by atoms with Gasteiger partial charge in [0, 0.05) is 35.8 Å². The van der Waals surface area contributed by atoms with Crippen LogP contribution in [0.25, 0.3) is 0 Å². The van der Waals surface area contributed by atoms with Crippen molar-refractivity contribution in [2.45, 2.75) is 18.1 Å². The van der Waals surface area contributed by atoms with E-state index in [0.29, 0.717) is 11.0 Å². The molecular weight excluding hydrogens is 311 g/mol. The molecule has 1 aromatic carbocycles. The number of halogens is 2. The van der Waals surface area contributed by atoms with E-state index in [1.54, 1.807) is 18.3 Å². The van der Waals surface area contributed by atoms with Gasteiger partial charge in [-0.05, 0) is 18.2 Å². The second-order valence-electron chi connectivity index (χ2n) is 5.25. The number of nitrogens with zero attached hydrogens (tertiary/aromatic N) is 2. The molecule has 4 nitrogen and oxygen atoms in total. The Hall–Kier alpha value is -1.34. The fourth-order valence-electron chi connectivity index (χ4n) is 2.88. The fourth-order valence-corrected chi connectivity index (χ4v) is 3.91. The minimum atomic E-state index is -0.420. The summed E-state index contributed by atoms with van der Waals surface area (Å²) < 4.78 is 14.1. The lowest BCUT2D eigenvalue weighted by Gasteiger charge is -2.22. The summed E-state index contributed by atoms with van der Waals surface area (Å²) >= 11 is 7.33. The first-order valence-corrected chi connectivity index (χ1v) is 7.81. The summed E-state index contributed by atoms with van der Waals surface area (Å²) in [6, 6.07) is 4.71. The standard InChI is InChI=1S/C14H12ClFN4S/c15-13-17-5-9(21-13)4-12-19-7-14(20-12)6-18-11-2-1-8(16)3-10(11)14/h1-3,5-6,12,19-20H,4,7H2/t12-,14?/m1/s1. The maximum absolute atomic E-state index is 13.5. The van der Waals surface area contributed by atoms with Crippen molar-refractivity contribution in [1.29, 1.82) is 0 Å². The molecule has 1 spiro atoms. The third-order valence-electron chi connectivity index (χ3n) is 3.85. The zero-order chi connectivity index (χ0) is 14.4. The van der Waals surface area contributed by atoms with Crippen molar-refractivity contribution in [2.24, 2.45) is 4.99 Å². The molecule has 1 unspecified atom stereocenters. The van der Waals surface area contributed by atoms with Gasteiger partial charge in [0.15, 0.2) is 4.47 Å². The van der Waals surface area contributed by atoms with Crippen LogP contribution in [0, 0.1) is 5.82 Å². The van der Waals surface area contributed by atoms with E-state index in [0.717, 1.165) is 22.5 Å². The Bertz CT molecular complexity index is 732. The van der Waals surface area contributed by atoms with Crippen molar-refractivity contribution in [1.82, 2.24) is 15.6 Å². The first-order chi connectivity index (χ1) is 10.1. The van der Waals surface area contributed by atoms with Crippen molar-refractivity contribution >= 4 is 34.8 Å². The second kappa shape index (κ2) is 4.84. The highest BCUT2D eigenvalue weighted by atomic mass is 35.5. The summed E-state index contributed by atoms with van der Waals surface area (Å²) in [5.74, 6) is -0.238. The summed E-state index contributed by atoms with van der Waals surface area (Å²) in [4.78, 5) is 9.55. The Morgan fingerprint density at radius 3 is 3.19 bits per heavy atom. The van der Waals surface area contributed by atoms with E-state index in [-0.39, 0.29) is 12.0 Å². The maximum atomic E-state index is 13.5. The molecule has 1 fully saturated rings. The Morgan fingerprint density at radius 2 is 2.38 bits per heavy atom. The molecule has 2 N–H and O–H groups in total. The van der Waals surface area contributed by atoms with E-state index < -0.39 is 5.54 Å². The lowest BCUT2D eigenvalue weighted by molar-refractivity contribution is 0.494. The van der Waals surface area contributed by atoms with Gasteiger partial charge < -0.3 is 0 Å². The van der Waals surface area contributed by atoms with E-state index in [1.165, 1.54) is 17.4 Å². The summed E-state index contributed by atoms with van der Waals surface area (Å²) in [7, 11) is 0. The number of hydrogen-bond acceptors (Lipinski definition) is 5. The highest BCUT2D eigenvalue weighted by molar-refractivity contribution is 7.15. The lowest BCUT2D eigenvalue weighted by atomic mass is 9.93. The molecule has 1 aromatic heterocycles. The molecule has 2 aliphatic heterocycles. The van der Waals surface area contributed by atoms with E-state index in [1.807, 2.05) is 6.21 Å². The zero-order valence-electron chi connectivity index (χ0n) is 10.9. The van der Waals surface area contributed by atoms with Crippen LogP contribution in [-0.4, -0.2) is 23.9 Å². The molecule has 0 bridgehead atoms. The first-order valence-electron chi connectivity index (χ1n) is 6.61. The van der Waals surface area contributed by atoms with Crippen LogP contribution in [0.2, 0.25) is 4.47 Å². The molecule has 1 saturated heterocycles. The van der Waals surface area contributed by atoms with E-state index in [9.17, 15) is 4.39 Å². The van der Waals surface area contributed by atoms with E-state index in [2.05, 4.69) is 20.6 Å². The van der Waals surface area contributed by atoms with E-state index >= 15 is 0 Å². The molecule has 3 heterocycles. The molecule has 4 rings (SSSR count). The average Bonchev–Trinajstić information content (AvgIpc) is 3.14. The molecule has 0 saturated carbocycles. The molecule has 7 heteroatoms. The predicted octanol–water partition coefficient (Wildman–Crippen LogP) is 2.61. The fraction of sp³-hybridized carbons (Fsp3) is 0.286. The van der Waals surface area contributed by atoms with Gasteiger partial charge in [-0.2, -0.15) is 0 Å². The van der Waals surface area contributed by atoms with Gasteiger partial charge in [0.05, 0.1) is 17.4 Å². The SMILES string of the molecule is Fc1ccc2c(c1)C1(C=N2)CN[C@@H](Cc2cnc(Cl)s2)N1. The van der Waals surface area contributed by atoms with Crippen molar-refractivity contribution in [3.05, 3.63) is 45.1 Å². The number of nitrogens with one attached hydrogen (secondary N) is 2. The van der Waals surface area contributed by atoms with Gasteiger partial charge >= 0.3 is 0 Å². The largest absolute Gasteiger partial charge is 0.299 e. The quantitative estimate of drug-likeness (QED) is 0.893. The molecule has 0 radical (unpaired) electrons. The highest BCUT2D eigenvalue weighted by Gasteiger charge is 2.42. The van der Waals surface area contributed by atoms with Crippen LogP contribution in [0.1, 0.15) is 10.4 Å². The first kappa shape index (κ1) is 13.3. The van der Waals surface area contributed by atoms with Crippen LogP contribution in [0.3, 0.4) is 0 Å². The van der Waals surface area contributed by atoms with Gasteiger partial charge in [0.1, 0.15) is 5.82 Å². The van der Waals surface area contributed by atoms with Crippen molar-refractivity contribution in [3.63, 3.8) is 0 Å². The average molecular weight is 323 g/mol. The van der Waals surface area contributed by atoms with E-state index in [4.69, 9.17) is 11.6 Å².